The van der Waals surface area contributed by atoms with Gasteiger partial charge in [-0.3, -0.25) is 4.79 Å². The van der Waals surface area contributed by atoms with E-state index in [1.54, 1.807) is 32.4 Å². The lowest BCUT2D eigenvalue weighted by Crippen LogP contribution is -2.19. The standard InChI is InChI=1S/C15H20O4/c1-17-12-3-4-13(15(10-12)18-2)14(16)9-11-5-7-19-8-6-11/h3-4,10-11H,5-9H2,1-2H3. The van der Waals surface area contributed by atoms with E-state index in [-0.39, 0.29) is 5.78 Å². The van der Waals surface area contributed by atoms with Gasteiger partial charge in [-0.15, -0.1) is 0 Å². The molecule has 0 N–H and O–H groups in total. The van der Waals surface area contributed by atoms with Crippen LogP contribution < -0.4 is 9.47 Å². The number of hydrogen-bond acceptors (Lipinski definition) is 4. The fourth-order valence-corrected chi connectivity index (χ4v) is 2.35. The molecule has 104 valence electrons. The van der Waals surface area contributed by atoms with Gasteiger partial charge in [0, 0.05) is 25.7 Å². The summed E-state index contributed by atoms with van der Waals surface area (Å²) in [4.78, 5) is 12.3. The molecule has 0 amide bonds. The summed E-state index contributed by atoms with van der Waals surface area (Å²) in [5, 5.41) is 0. The average Bonchev–Trinajstić information content (AvgIpc) is 2.47. The monoisotopic (exact) mass is 264 g/mol. The molecule has 0 aliphatic carbocycles. The van der Waals surface area contributed by atoms with E-state index in [1.165, 1.54) is 0 Å². The molecule has 1 heterocycles. The Bertz CT molecular complexity index is 436. The number of Topliss-reactive ketones (excluding diaryl/α,β-unsaturated/α-hetero) is 1. The van der Waals surface area contributed by atoms with Gasteiger partial charge in [0.15, 0.2) is 5.78 Å². The highest BCUT2D eigenvalue weighted by Crippen LogP contribution is 2.28. The molecule has 0 aromatic heterocycles. The maximum atomic E-state index is 12.3. The molecule has 0 radical (unpaired) electrons. The predicted octanol–water partition coefficient (Wildman–Crippen LogP) is 2.70. The third kappa shape index (κ3) is 3.47. The first kappa shape index (κ1) is 13.9. The lowest BCUT2D eigenvalue weighted by atomic mass is 9.91. The minimum absolute atomic E-state index is 0.131. The normalized spacial score (nSPS) is 16.1. The van der Waals surface area contributed by atoms with Crippen LogP contribution in [0.15, 0.2) is 18.2 Å². The first-order valence-electron chi connectivity index (χ1n) is 6.57. The van der Waals surface area contributed by atoms with E-state index in [0.29, 0.717) is 29.4 Å². The molecule has 0 atom stereocenters. The molecule has 1 aliphatic heterocycles. The van der Waals surface area contributed by atoms with E-state index in [4.69, 9.17) is 14.2 Å². The van der Waals surface area contributed by atoms with Gasteiger partial charge in [-0.05, 0) is 30.9 Å². The van der Waals surface area contributed by atoms with Crippen molar-refractivity contribution in [2.24, 2.45) is 5.92 Å². The van der Waals surface area contributed by atoms with Crippen molar-refractivity contribution < 1.29 is 19.0 Å². The van der Waals surface area contributed by atoms with Gasteiger partial charge in [0.2, 0.25) is 0 Å². The van der Waals surface area contributed by atoms with Crippen molar-refractivity contribution in [2.75, 3.05) is 27.4 Å². The van der Waals surface area contributed by atoms with Crippen molar-refractivity contribution in [3.63, 3.8) is 0 Å². The SMILES string of the molecule is COc1ccc(C(=O)CC2CCOCC2)c(OC)c1. The van der Waals surface area contributed by atoms with Crippen LogP contribution in [0.25, 0.3) is 0 Å². The highest BCUT2D eigenvalue weighted by atomic mass is 16.5. The van der Waals surface area contributed by atoms with Crippen LogP contribution in [0.2, 0.25) is 0 Å². The highest BCUT2D eigenvalue weighted by Gasteiger charge is 2.20. The summed E-state index contributed by atoms with van der Waals surface area (Å²) in [5.74, 6) is 1.83. The van der Waals surface area contributed by atoms with Gasteiger partial charge in [-0.2, -0.15) is 0 Å². The number of ketones is 1. The van der Waals surface area contributed by atoms with Gasteiger partial charge >= 0.3 is 0 Å². The van der Waals surface area contributed by atoms with Crippen LogP contribution in [0, 0.1) is 5.92 Å². The van der Waals surface area contributed by atoms with Crippen LogP contribution in [0.3, 0.4) is 0 Å². The first-order chi connectivity index (χ1) is 9.24. The third-order valence-electron chi connectivity index (χ3n) is 3.52. The predicted molar refractivity (Wildman–Crippen MR) is 72.0 cm³/mol. The fraction of sp³-hybridized carbons (Fsp3) is 0.533. The highest BCUT2D eigenvalue weighted by molar-refractivity contribution is 5.99. The maximum Gasteiger partial charge on any atom is 0.166 e. The van der Waals surface area contributed by atoms with Gasteiger partial charge in [0.1, 0.15) is 11.5 Å². The van der Waals surface area contributed by atoms with Gasteiger partial charge in [-0.25, -0.2) is 0 Å². The number of methoxy groups -OCH3 is 2. The average molecular weight is 264 g/mol. The summed E-state index contributed by atoms with van der Waals surface area (Å²) < 4.78 is 15.7. The number of carbonyl (C=O) groups excluding carboxylic acids is 1. The molecule has 1 aromatic carbocycles. The van der Waals surface area contributed by atoms with Crippen molar-refractivity contribution in [3.8, 4) is 11.5 Å². The van der Waals surface area contributed by atoms with E-state index in [1.807, 2.05) is 0 Å². The molecule has 19 heavy (non-hydrogen) atoms. The molecule has 0 saturated carbocycles. The smallest absolute Gasteiger partial charge is 0.166 e. The minimum Gasteiger partial charge on any atom is -0.497 e. The van der Waals surface area contributed by atoms with Gasteiger partial charge in [0.05, 0.1) is 19.8 Å². The molecule has 4 nitrogen and oxygen atoms in total. The first-order valence-corrected chi connectivity index (χ1v) is 6.57. The van der Waals surface area contributed by atoms with Crippen LogP contribution in [-0.2, 0) is 4.74 Å². The summed E-state index contributed by atoms with van der Waals surface area (Å²) in [6.45, 7) is 1.52. The minimum atomic E-state index is 0.131. The van der Waals surface area contributed by atoms with E-state index in [2.05, 4.69) is 0 Å². The Morgan fingerprint density at radius 3 is 2.63 bits per heavy atom. The second-order valence-corrected chi connectivity index (χ2v) is 4.75. The number of rotatable bonds is 5. The van der Waals surface area contributed by atoms with Gasteiger partial charge in [-0.1, -0.05) is 0 Å². The summed E-state index contributed by atoms with van der Waals surface area (Å²) in [7, 11) is 3.16. The van der Waals surface area contributed by atoms with Crippen molar-refractivity contribution in [3.05, 3.63) is 23.8 Å². The Labute approximate surface area is 113 Å². The molecule has 1 aromatic rings. The molecule has 1 aliphatic rings. The van der Waals surface area contributed by atoms with Crippen LogP contribution in [0.1, 0.15) is 29.6 Å². The van der Waals surface area contributed by atoms with Gasteiger partial charge in [0.25, 0.3) is 0 Å². The topological polar surface area (TPSA) is 44.8 Å². The molecule has 0 spiro atoms. The van der Waals surface area contributed by atoms with Crippen molar-refractivity contribution >= 4 is 5.78 Å². The van der Waals surface area contributed by atoms with Crippen LogP contribution in [-0.4, -0.2) is 33.2 Å². The summed E-state index contributed by atoms with van der Waals surface area (Å²) in [5.41, 5.74) is 0.634. The Kier molecular flexibility index (Phi) is 4.80. The Morgan fingerprint density at radius 1 is 1.26 bits per heavy atom. The van der Waals surface area contributed by atoms with Crippen LogP contribution >= 0.6 is 0 Å². The largest absolute Gasteiger partial charge is 0.497 e. The van der Waals surface area contributed by atoms with Crippen LogP contribution in [0.5, 0.6) is 11.5 Å². The van der Waals surface area contributed by atoms with E-state index < -0.39 is 0 Å². The lowest BCUT2D eigenvalue weighted by Gasteiger charge is -2.21. The summed E-state index contributed by atoms with van der Waals surface area (Å²) >= 11 is 0. The number of carbonyl (C=O) groups is 1. The third-order valence-corrected chi connectivity index (χ3v) is 3.52. The van der Waals surface area contributed by atoms with E-state index in [0.717, 1.165) is 26.1 Å². The van der Waals surface area contributed by atoms with Crippen molar-refractivity contribution in [2.45, 2.75) is 19.3 Å². The molecular formula is C15H20O4. The van der Waals surface area contributed by atoms with Crippen LogP contribution in [0.4, 0.5) is 0 Å². The Morgan fingerprint density at radius 2 is 2.00 bits per heavy atom. The number of benzene rings is 1. The fourth-order valence-electron chi connectivity index (χ4n) is 2.35. The van der Waals surface area contributed by atoms with Gasteiger partial charge < -0.3 is 14.2 Å². The lowest BCUT2D eigenvalue weighted by molar-refractivity contribution is 0.0600. The van der Waals surface area contributed by atoms with E-state index in [9.17, 15) is 4.79 Å². The number of hydrogen-bond donors (Lipinski definition) is 0. The van der Waals surface area contributed by atoms with Crippen molar-refractivity contribution in [1.82, 2.24) is 0 Å². The Hall–Kier alpha value is -1.55. The molecule has 1 fully saturated rings. The second-order valence-electron chi connectivity index (χ2n) is 4.75. The summed E-state index contributed by atoms with van der Waals surface area (Å²) in [6.07, 6.45) is 2.49. The molecular weight excluding hydrogens is 244 g/mol. The zero-order valence-electron chi connectivity index (χ0n) is 11.5. The second kappa shape index (κ2) is 6.57. The molecule has 0 bridgehead atoms. The quantitative estimate of drug-likeness (QED) is 0.767. The van der Waals surface area contributed by atoms with E-state index >= 15 is 0 Å². The zero-order chi connectivity index (χ0) is 13.7. The molecule has 2 rings (SSSR count). The molecule has 1 saturated heterocycles. The molecule has 0 unspecified atom stereocenters. The van der Waals surface area contributed by atoms with Crippen molar-refractivity contribution in [1.29, 1.82) is 0 Å². The molecule has 4 heteroatoms. The zero-order valence-corrected chi connectivity index (χ0v) is 11.5. The maximum absolute atomic E-state index is 12.3. The Balaban J connectivity index is 2.09. The summed E-state index contributed by atoms with van der Waals surface area (Å²) in [6, 6.07) is 5.32. The number of ether oxygens (including phenoxy) is 3.